The van der Waals surface area contributed by atoms with Crippen LogP contribution >= 0.6 is 0 Å². The molecular formula is C30H29FN2O8. The molecule has 11 heteroatoms. The molecule has 5 N–H and O–H groups in total. The number of carbonyl (C=O) groups is 5. The molecule has 8 atom stereocenters. The molecule has 1 amide bonds. The average molecular weight is 565 g/mol. The van der Waals surface area contributed by atoms with Crippen molar-refractivity contribution in [1.82, 2.24) is 4.90 Å². The van der Waals surface area contributed by atoms with Crippen LogP contribution in [0.5, 0.6) is 5.75 Å². The highest BCUT2D eigenvalue weighted by Gasteiger charge is 2.72. The number of primary amides is 1. The lowest BCUT2D eigenvalue weighted by molar-refractivity contribution is -0.196. The van der Waals surface area contributed by atoms with Crippen molar-refractivity contribution in [3.05, 3.63) is 64.5 Å². The number of aromatic hydroxyl groups is 1. The minimum atomic E-state index is -3.05. The van der Waals surface area contributed by atoms with E-state index >= 15 is 0 Å². The third kappa shape index (κ3) is 3.98. The van der Waals surface area contributed by atoms with Gasteiger partial charge in [-0.15, -0.1) is 0 Å². The normalized spacial score (nSPS) is 33.1. The zero-order chi connectivity index (χ0) is 30.1. The summed E-state index contributed by atoms with van der Waals surface area (Å²) in [6, 6.07) is 7.28. The Morgan fingerprint density at radius 3 is 2.24 bits per heavy atom. The first-order valence-corrected chi connectivity index (χ1v) is 13.1. The predicted molar refractivity (Wildman–Crippen MR) is 143 cm³/mol. The van der Waals surface area contributed by atoms with E-state index < -0.39 is 87.9 Å². The fraction of sp³-hybridized carbons (Fsp3) is 0.367. The Kier molecular flexibility index (Phi) is 6.80. The summed E-state index contributed by atoms with van der Waals surface area (Å²) in [6.45, 7) is 1.64. The monoisotopic (exact) mass is 564 g/mol. The van der Waals surface area contributed by atoms with Gasteiger partial charge in [0.15, 0.2) is 34.7 Å². The van der Waals surface area contributed by atoms with Crippen LogP contribution in [0.4, 0.5) is 4.39 Å². The Bertz CT molecular complexity index is 1530. The van der Waals surface area contributed by atoms with Gasteiger partial charge in [0.1, 0.15) is 11.6 Å². The number of Topliss-reactive ketones (excluding diaryl/α,β-unsaturated/α-hetero) is 4. The number of phenolic OH excluding ortho intramolecular Hbond substituents is 1. The average Bonchev–Trinajstić information content (AvgIpc) is 2.90. The molecule has 41 heavy (non-hydrogen) atoms. The fourth-order valence-corrected chi connectivity index (χ4v) is 6.90. The summed E-state index contributed by atoms with van der Waals surface area (Å²) in [5.41, 5.74) is 3.25. The smallest absolute Gasteiger partial charge is 0.235 e. The molecule has 2 aromatic rings. The molecule has 0 bridgehead atoms. The van der Waals surface area contributed by atoms with Crippen LogP contribution in [0.1, 0.15) is 39.9 Å². The second kappa shape index (κ2) is 9.79. The lowest BCUT2D eigenvalue weighted by atomic mass is 9.49. The van der Waals surface area contributed by atoms with Crippen molar-refractivity contribution < 1.29 is 43.7 Å². The molecule has 0 radical (unpaired) electrons. The number of benzene rings is 2. The molecule has 3 aliphatic rings. The minimum Gasteiger partial charge on any atom is -0.507 e. The molecule has 0 heterocycles. The van der Waals surface area contributed by atoms with Crippen molar-refractivity contribution in [3.63, 3.8) is 0 Å². The number of phenols is 1. The van der Waals surface area contributed by atoms with E-state index in [2.05, 4.69) is 0 Å². The summed E-state index contributed by atoms with van der Waals surface area (Å²) in [5, 5.41) is 34.5. The first-order chi connectivity index (χ1) is 19.2. The van der Waals surface area contributed by atoms with E-state index in [4.69, 9.17) is 5.73 Å². The first kappa shape index (κ1) is 28.5. The summed E-state index contributed by atoms with van der Waals surface area (Å²) >= 11 is 0. The molecule has 0 aromatic heterocycles. The molecule has 10 nitrogen and oxygen atoms in total. The van der Waals surface area contributed by atoms with Crippen LogP contribution in [0.25, 0.3) is 12.2 Å². The number of ketones is 4. The molecule has 0 saturated heterocycles. The van der Waals surface area contributed by atoms with Gasteiger partial charge in [-0.2, -0.15) is 0 Å². The van der Waals surface area contributed by atoms with E-state index in [0.29, 0.717) is 11.1 Å². The highest BCUT2D eigenvalue weighted by molar-refractivity contribution is 6.32. The quantitative estimate of drug-likeness (QED) is 0.308. The van der Waals surface area contributed by atoms with Gasteiger partial charge in [0.25, 0.3) is 0 Å². The number of nitrogens with zero attached hydrogens (tertiary/aromatic N) is 1. The Balaban J connectivity index is 1.63. The fourth-order valence-electron chi connectivity index (χ4n) is 6.90. The maximum atomic E-state index is 14.0. The molecular weight excluding hydrogens is 535 g/mol. The summed E-state index contributed by atoms with van der Waals surface area (Å²) in [5.74, 6) is -14.2. The van der Waals surface area contributed by atoms with Crippen molar-refractivity contribution in [1.29, 1.82) is 0 Å². The van der Waals surface area contributed by atoms with E-state index in [-0.39, 0.29) is 11.1 Å². The lowest BCUT2D eigenvalue weighted by Crippen LogP contribution is -2.77. The third-order valence-electron chi connectivity index (χ3n) is 8.85. The Hall–Kier alpha value is -4.06. The lowest BCUT2D eigenvalue weighted by Gasteiger charge is -2.56. The first-order valence-electron chi connectivity index (χ1n) is 13.1. The topological polar surface area (TPSA) is 175 Å². The van der Waals surface area contributed by atoms with Crippen molar-refractivity contribution in [2.75, 3.05) is 14.1 Å². The molecule has 2 fully saturated rings. The number of fused-ring (bicyclic) bond motifs is 3. The van der Waals surface area contributed by atoms with E-state index in [1.807, 2.05) is 0 Å². The number of hydrogen-bond acceptors (Lipinski definition) is 9. The van der Waals surface area contributed by atoms with Gasteiger partial charge in [-0.3, -0.25) is 28.9 Å². The number of nitrogens with two attached hydrogens (primary N) is 1. The maximum Gasteiger partial charge on any atom is 0.235 e. The molecule has 0 aliphatic heterocycles. The molecule has 2 saturated carbocycles. The van der Waals surface area contributed by atoms with E-state index in [0.717, 1.165) is 0 Å². The number of amides is 1. The van der Waals surface area contributed by atoms with Crippen LogP contribution < -0.4 is 5.73 Å². The van der Waals surface area contributed by atoms with Crippen LogP contribution in [0, 0.1) is 29.5 Å². The predicted octanol–water partition coefficient (Wildman–Crippen LogP) is 0.708. The van der Waals surface area contributed by atoms with Crippen LogP contribution in [-0.2, 0) is 19.2 Å². The molecule has 2 aromatic carbocycles. The third-order valence-corrected chi connectivity index (χ3v) is 8.85. The number of likely N-dealkylation sites (N-methyl/N-ethyl adjacent to an activating group) is 1. The molecule has 3 aliphatic carbocycles. The number of halogens is 1. The standard InChI is InChI=1S/C30H29FN2O8/c1-12-16-11-8-14(7-4-13-5-9-15(31)10-6-13)23(34)18(16)24(35)19-17(12)25(36)21-22(33(2)3)26(37)20(29(32)40)28(39)30(21,41)27(19)38/h4-12,17,19-22,25,34,36,41H,1-3H3,(H2,32,40)/b7-4+/t12-,17+,19?,20?,21+,22-,25-,30-/m1/s1. The van der Waals surface area contributed by atoms with E-state index in [9.17, 15) is 43.7 Å². The van der Waals surface area contributed by atoms with Crippen molar-refractivity contribution in [3.8, 4) is 5.75 Å². The van der Waals surface area contributed by atoms with Crippen molar-refractivity contribution in [2.24, 2.45) is 29.4 Å². The van der Waals surface area contributed by atoms with Gasteiger partial charge in [-0.05, 0) is 43.3 Å². The van der Waals surface area contributed by atoms with Crippen LogP contribution in [-0.4, -0.2) is 81.1 Å². The van der Waals surface area contributed by atoms with E-state index in [1.54, 1.807) is 25.1 Å². The SMILES string of the molecule is C[C@@H]1c2ccc(/C=C/c3ccc(F)cc3)c(O)c2C(=O)C2C(=O)[C@@]3(O)C(=O)C(C(N)=O)C(=O)[C@H](N(C)C)[C@H]3[C@H](O)[C@H]21. The summed E-state index contributed by atoms with van der Waals surface area (Å²) in [6.07, 6.45) is 1.40. The molecule has 0 spiro atoms. The van der Waals surface area contributed by atoms with Gasteiger partial charge in [-0.25, -0.2) is 4.39 Å². The Labute approximate surface area is 234 Å². The molecule has 2 unspecified atom stereocenters. The summed E-state index contributed by atoms with van der Waals surface area (Å²) in [4.78, 5) is 68.0. The second-order valence-electron chi connectivity index (χ2n) is 11.2. The van der Waals surface area contributed by atoms with Crippen molar-refractivity contribution in [2.45, 2.75) is 30.6 Å². The van der Waals surface area contributed by atoms with Crippen LogP contribution in [0.2, 0.25) is 0 Å². The van der Waals surface area contributed by atoms with Gasteiger partial charge >= 0.3 is 0 Å². The van der Waals surface area contributed by atoms with Crippen LogP contribution in [0.3, 0.4) is 0 Å². The van der Waals surface area contributed by atoms with Gasteiger partial charge in [0.2, 0.25) is 5.91 Å². The van der Waals surface area contributed by atoms with E-state index in [1.165, 1.54) is 49.3 Å². The number of carbonyl (C=O) groups excluding carboxylic acids is 5. The summed E-state index contributed by atoms with van der Waals surface area (Å²) in [7, 11) is 2.87. The molecule has 5 rings (SSSR count). The number of aliphatic hydroxyl groups excluding tert-OH is 1. The highest BCUT2D eigenvalue weighted by atomic mass is 19.1. The van der Waals surface area contributed by atoms with Gasteiger partial charge in [0, 0.05) is 11.5 Å². The Morgan fingerprint density at radius 2 is 1.66 bits per heavy atom. The molecule has 214 valence electrons. The highest BCUT2D eigenvalue weighted by Crippen LogP contribution is 2.54. The van der Waals surface area contributed by atoms with Gasteiger partial charge in [-0.1, -0.05) is 43.3 Å². The zero-order valence-electron chi connectivity index (χ0n) is 22.4. The number of hydrogen-bond donors (Lipinski definition) is 4. The Morgan fingerprint density at radius 1 is 1.02 bits per heavy atom. The van der Waals surface area contributed by atoms with Crippen LogP contribution in [0.15, 0.2) is 36.4 Å². The minimum absolute atomic E-state index is 0.197. The maximum absolute atomic E-state index is 14.0. The second-order valence-corrected chi connectivity index (χ2v) is 11.2. The number of aliphatic hydroxyl groups is 2. The van der Waals surface area contributed by atoms with Gasteiger partial charge < -0.3 is 21.1 Å². The zero-order valence-corrected chi connectivity index (χ0v) is 22.4. The largest absolute Gasteiger partial charge is 0.507 e. The summed E-state index contributed by atoms with van der Waals surface area (Å²) < 4.78 is 13.2. The number of rotatable bonds is 4. The van der Waals surface area contributed by atoms with Gasteiger partial charge in [0.05, 0.1) is 29.5 Å². The van der Waals surface area contributed by atoms with Crippen molar-refractivity contribution >= 4 is 41.2 Å².